The predicted molar refractivity (Wildman–Crippen MR) is 211 cm³/mol. The van der Waals surface area contributed by atoms with E-state index in [-0.39, 0.29) is 33.9 Å². The van der Waals surface area contributed by atoms with E-state index in [2.05, 4.69) is 41.9 Å². The van der Waals surface area contributed by atoms with Crippen LogP contribution in [0.25, 0.3) is 22.0 Å². The van der Waals surface area contributed by atoms with Gasteiger partial charge in [-0.1, -0.05) is 24.0 Å². The Kier molecular flexibility index (Phi) is 11.7. The van der Waals surface area contributed by atoms with Gasteiger partial charge in [-0.3, -0.25) is 23.8 Å². The van der Waals surface area contributed by atoms with Gasteiger partial charge < -0.3 is 10.2 Å². The van der Waals surface area contributed by atoms with E-state index >= 15 is 8.78 Å². The molecule has 1 saturated heterocycles. The Labute approximate surface area is 346 Å². The highest BCUT2D eigenvalue weighted by molar-refractivity contribution is 7.92. The molecule has 3 aromatic heterocycles. The van der Waals surface area contributed by atoms with Crippen molar-refractivity contribution in [1.29, 1.82) is 0 Å². The van der Waals surface area contributed by atoms with Gasteiger partial charge in [0.2, 0.25) is 15.9 Å². The van der Waals surface area contributed by atoms with E-state index in [4.69, 9.17) is 11.4 Å². The van der Waals surface area contributed by atoms with Crippen LogP contribution in [0.15, 0.2) is 48.5 Å². The Hall–Kier alpha value is -5.96. The topological polar surface area (TPSA) is 130 Å². The molecule has 61 heavy (non-hydrogen) atoms. The van der Waals surface area contributed by atoms with Gasteiger partial charge in [-0.2, -0.15) is 32.1 Å². The summed E-state index contributed by atoms with van der Waals surface area (Å²) < 4.78 is 131. The number of terminal acetylenes is 1. The number of rotatable bonds is 10. The number of fused-ring (bicyclic) bond motifs is 2. The molecule has 1 fully saturated rings. The number of para-hydroxylation sites is 1. The van der Waals surface area contributed by atoms with Crippen molar-refractivity contribution in [1.82, 2.24) is 39.7 Å². The number of hydrogen-bond donors (Lipinski definition) is 2. The van der Waals surface area contributed by atoms with Crippen molar-refractivity contribution in [3.05, 3.63) is 94.1 Å². The highest BCUT2D eigenvalue weighted by Crippen LogP contribution is 2.49. The number of alkyl halides is 5. The number of nitrogens with zero attached hydrogens (tertiary/aromatic N) is 7. The van der Waals surface area contributed by atoms with Gasteiger partial charge in [-0.05, 0) is 61.7 Å². The number of likely N-dealkylation sites (N-methyl/N-ethyl adjacent to an activating group) is 1. The number of aromatic nitrogens is 5. The van der Waals surface area contributed by atoms with Crippen molar-refractivity contribution in [3.8, 4) is 35.3 Å². The van der Waals surface area contributed by atoms with Gasteiger partial charge in [0.05, 0.1) is 36.0 Å². The second-order valence-electron chi connectivity index (χ2n) is 15.0. The van der Waals surface area contributed by atoms with Crippen LogP contribution < -0.4 is 10.0 Å². The zero-order valence-corrected chi connectivity index (χ0v) is 33.7. The summed E-state index contributed by atoms with van der Waals surface area (Å²) in [5, 5.41) is 10.8. The third-order valence-electron chi connectivity index (χ3n) is 10.5. The minimum Gasteiger partial charge on any atom is -0.346 e. The van der Waals surface area contributed by atoms with Crippen LogP contribution in [0, 0.1) is 41.7 Å². The fourth-order valence-electron chi connectivity index (χ4n) is 7.72. The van der Waals surface area contributed by atoms with E-state index in [0.717, 1.165) is 44.6 Å². The first-order chi connectivity index (χ1) is 28.7. The van der Waals surface area contributed by atoms with Crippen LogP contribution in [-0.2, 0) is 53.4 Å². The molecule has 4 heterocycles. The van der Waals surface area contributed by atoms with Crippen LogP contribution in [0.1, 0.15) is 39.9 Å². The third kappa shape index (κ3) is 9.21. The minimum atomic E-state index is -5.15. The number of benzene rings is 2. The molecule has 1 aliphatic carbocycles. The van der Waals surface area contributed by atoms with Crippen LogP contribution in [0.2, 0.25) is 0 Å². The standard InChI is InChI=1S/C41H38F7N9O3S/c1-5-25-21-32-37(41(46,47)48)51-57(38(32)40(25,44)45)23-34(58)50-33(20-24-18-26(42)22-27(43)19-24)35-29(12-11-28(49-35)8-7-13-56-16-14-54(2)15-17-56)30-9-6-10-31-36(30)55(3)52-39(31)53-61(4,59)60/h1,6,9-12,18-19,22,25,33H,13-17,20-21,23H2,2-4H3,(H,50,58)(H,52,53)/t25-,33+/m1/s1. The maximum absolute atomic E-state index is 15.5. The van der Waals surface area contributed by atoms with E-state index < -0.39 is 81.5 Å². The molecule has 0 unspecified atom stereocenters. The van der Waals surface area contributed by atoms with Crippen molar-refractivity contribution >= 4 is 32.7 Å². The van der Waals surface area contributed by atoms with Crippen molar-refractivity contribution in [2.45, 2.75) is 37.5 Å². The number of hydrogen-bond acceptors (Lipinski definition) is 8. The zero-order valence-electron chi connectivity index (χ0n) is 32.9. The average molecular weight is 870 g/mol. The van der Waals surface area contributed by atoms with Crippen LogP contribution in [0.3, 0.4) is 0 Å². The summed E-state index contributed by atoms with van der Waals surface area (Å²) in [4.78, 5) is 23.2. The summed E-state index contributed by atoms with van der Waals surface area (Å²) in [6, 6.07) is 9.49. The number of carbonyl (C=O) groups is 1. The van der Waals surface area contributed by atoms with Gasteiger partial charge in [0.25, 0.3) is 0 Å². The quantitative estimate of drug-likeness (QED) is 0.147. The number of piperazine rings is 1. The van der Waals surface area contributed by atoms with Gasteiger partial charge in [0.15, 0.2) is 11.5 Å². The van der Waals surface area contributed by atoms with Crippen molar-refractivity contribution in [3.63, 3.8) is 0 Å². The Bertz CT molecular complexity index is 2720. The number of carbonyl (C=O) groups excluding carboxylic acids is 1. The van der Waals surface area contributed by atoms with Gasteiger partial charge >= 0.3 is 12.1 Å². The lowest BCUT2D eigenvalue weighted by Gasteiger charge is -2.30. The second kappa shape index (κ2) is 16.5. The summed E-state index contributed by atoms with van der Waals surface area (Å²) in [7, 11) is -0.193. The van der Waals surface area contributed by atoms with Gasteiger partial charge in [-0.25, -0.2) is 22.2 Å². The lowest BCUT2D eigenvalue weighted by molar-refractivity contribution is -0.142. The van der Waals surface area contributed by atoms with Crippen molar-refractivity contribution in [2.75, 3.05) is 50.7 Å². The van der Waals surface area contributed by atoms with E-state index in [1.54, 1.807) is 37.4 Å². The molecule has 0 bridgehead atoms. The molecule has 0 saturated carbocycles. The lowest BCUT2D eigenvalue weighted by Crippen LogP contribution is -2.44. The Morgan fingerprint density at radius 2 is 1.72 bits per heavy atom. The normalized spacial score (nSPS) is 17.4. The molecule has 1 aliphatic heterocycles. The first-order valence-corrected chi connectivity index (χ1v) is 20.7. The molecule has 0 radical (unpaired) electrons. The fraction of sp³-hybridized carbons (Fsp3) is 0.366. The number of amides is 1. The first-order valence-electron chi connectivity index (χ1n) is 18.8. The molecule has 2 aromatic carbocycles. The summed E-state index contributed by atoms with van der Waals surface area (Å²) in [6.45, 7) is 2.54. The molecule has 0 spiro atoms. The van der Waals surface area contributed by atoms with E-state index in [9.17, 15) is 35.2 Å². The van der Waals surface area contributed by atoms with Gasteiger partial charge in [0.1, 0.15) is 29.6 Å². The van der Waals surface area contributed by atoms with Gasteiger partial charge in [-0.15, -0.1) is 6.42 Å². The molecular formula is C41H38F7N9O3S. The van der Waals surface area contributed by atoms with Crippen molar-refractivity contribution in [2.24, 2.45) is 13.0 Å². The maximum Gasteiger partial charge on any atom is 0.435 e. The molecule has 20 heteroatoms. The van der Waals surface area contributed by atoms with Crippen LogP contribution >= 0.6 is 0 Å². The summed E-state index contributed by atoms with van der Waals surface area (Å²) in [6.07, 6.45) is -0.0957. The molecular weight excluding hydrogens is 832 g/mol. The monoisotopic (exact) mass is 869 g/mol. The zero-order chi connectivity index (χ0) is 44.0. The van der Waals surface area contributed by atoms with Crippen LogP contribution in [-0.4, -0.2) is 94.7 Å². The summed E-state index contributed by atoms with van der Waals surface area (Å²) >= 11 is 0. The molecule has 2 N–H and O–H groups in total. The highest BCUT2D eigenvalue weighted by atomic mass is 32.2. The minimum absolute atomic E-state index is 0.0108. The lowest BCUT2D eigenvalue weighted by atomic mass is 9.93. The van der Waals surface area contributed by atoms with Crippen LogP contribution in [0.4, 0.5) is 36.6 Å². The maximum atomic E-state index is 15.5. The van der Waals surface area contributed by atoms with Gasteiger partial charge in [0, 0.05) is 61.4 Å². The molecule has 12 nitrogen and oxygen atoms in total. The average Bonchev–Trinajstić information content (AvgIpc) is 3.78. The Morgan fingerprint density at radius 1 is 1.02 bits per heavy atom. The molecule has 1 amide bonds. The molecule has 7 rings (SSSR count). The molecule has 320 valence electrons. The summed E-state index contributed by atoms with van der Waals surface area (Å²) in [5.41, 5.74) is -2.11. The Balaban J connectivity index is 1.35. The highest BCUT2D eigenvalue weighted by Gasteiger charge is 2.55. The fourth-order valence-corrected chi connectivity index (χ4v) is 8.22. The number of halogens is 7. The number of anilines is 1. The number of nitrogens with one attached hydrogen (secondary N) is 2. The smallest absolute Gasteiger partial charge is 0.346 e. The van der Waals surface area contributed by atoms with E-state index in [1.807, 2.05) is 13.0 Å². The first kappa shape index (κ1) is 43.1. The third-order valence-corrected chi connectivity index (χ3v) is 11.0. The largest absolute Gasteiger partial charge is 0.435 e. The SMILES string of the molecule is C#C[C@@H]1Cc2c(C(F)(F)F)nn(CC(=O)N[C@@H](Cc3cc(F)cc(F)c3)c3nc(C#CCN4CCN(C)CC4)ccc3-c3cccc4c(NS(C)(=O)=O)nn(C)c34)c2C1(F)F. The second-order valence-corrected chi connectivity index (χ2v) is 16.8. The molecule has 2 atom stereocenters. The van der Waals surface area contributed by atoms with E-state index in [0.29, 0.717) is 34.6 Å². The number of pyridine rings is 1. The Morgan fingerprint density at radius 3 is 2.38 bits per heavy atom. The summed E-state index contributed by atoms with van der Waals surface area (Å²) in [5.74, 6) is -0.871. The van der Waals surface area contributed by atoms with E-state index in [1.165, 1.54) is 4.68 Å². The van der Waals surface area contributed by atoms with Crippen LogP contribution in [0.5, 0.6) is 0 Å². The molecule has 5 aromatic rings. The number of aryl methyl sites for hydroxylation is 1. The molecule has 2 aliphatic rings. The van der Waals surface area contributed by atoms with Crippen molar-refractivity contribution < 1.29 is 43.9 Å². The number of sulfonamides is 1. The predicted octanol–water partition coefficient (Wildman–Crippen LogP) is 5.10.